The van der Waals surface area contributed by atoms with E-state index in [2.05, 4.69) is 10.6 Å². The maximum Gasteiger partial charge on any atom is 0.270 e. The number of aliphatic hydroxyl groups is 1. The highest BCUT2D eigenvalue weighted by Gasteiger charge is 2.28. The Balaban J connectivity index is 2.18. The summed E-state index contributed by atoms with van der Waals surface area (Å²) in [7, 11) is 1.48. The third-order valence-corrected chi connectivity index (χ3v) is 4.33. The largest absolute Gasteiger partial charge is 0.388 e. The summed E-state index contributed by atoms with van der Waals surface area (Å²) in [4.78, 5) is 22.3. The first-order valence-electron chi connectivity index (χ1n) is 7.92. The molecular formula is C16H23N3O4. The molecule has 0 aromatic heterocycles. The first-order chi connectivity index (χ1) is 10.9. The van der Waals surface area contributed by atoms with Crippen LogP contribution in [0.3, 0.4) is 0 Å². The lowest BCUT2D eigenvalue weighted by atomic mass is 9.94. The van der Waals surface area contributed by atoms with Gasteiger partial charge in [-0.2, -0.15) is 0 Å². The molecule has 1 aliphatic rings. The highest BCUT2D eigenvalue weighted by molar-refractivity contribution is 6.00. The van der Waals surface area contributed by atoms with Crippen molar-refractivity contribution in [2.45, 2.75) is 44.1 Å². The zero-order valence-electron chi connectivity index (χ0n) is 13.3. The van der Waals surface area contributed by atoms with Gasteiger partial charge in [0, 0.05) is 31.4 Å². The molecule has 0 unspecified atom stereocenters. The van der Waals surface area contributed by atoms with Gasteiger partial charge in [-0.1, -0.05) is 25.7 Å². The molecule has 0 bridgehead atoms. The molecule has 7 heteroatoms. The molecule has 126 valence electrons. The van der Waals surface area contributed by atoms with E-state index in [0.29, 0.717) is 12.2 Å². The number of carbonyl (C=O) groups is 1. The number of carbonyl (C=O) groups excluding carboxylic acids is 1. The molecule has 0 heterocycles. The highest BCUT2D eigenvalue weighted by Crippen LogP contribution is 2.29. The van der Waals surface area contributed by atoms with E-state index in [-0.39, 0.29) is 11.3 Å². The number of benzene rings is 1. The van der Waals surface area contributed by atoms with E-state index < -0.39 is 16.4 Å². The van der Waals surface area contributed by atoms with Gasteiger partial charge in [-0.15, -0.1) is 0 Å². The van der Waals surface area contributed by atoms with Crippen LogP contribution in [0.1, 0.15) is 48.9 Å². The summed E-state index contributed by atoms with van der Waals surface area (Å²) >= 11 is 0. The Morgan fingerprint density at radius 2 is 1.96 bits per heavy atom. The van der Waals surface area contributed by atoms with Crippen molar-refractivity contribution in [2.75, 3.05) is 18.9 Å². The number of non-ortho nitro benzene ring substituents is 1. The smallest absolute Gasteiger partial charge is 0.270 e. The topological polar surface area (TPSA) is 104 Å². The van der Waals surface area contributed by atoms with E-state index in [0.717, 1.165) is 38.5 Å². The molecule has 2 rings (SSSR count). The van der Waals surface area contributed by atoms with Crippen LogP contribution in [0.25, 0.3) is 0 Å². The van der Waals surface area contributed by atoms with Gasteiger partial charge in [0.2, 0.25) is 0 Å². The first-order valence-corrected chi connectivity index (χ1v) is 7.92. The fourth-order valence-electron chi connectivity index (χ4n) is 2.95. The average Bonchev–Trinajstić information content (AvgIpc) is 2.77. The molecule has 0 atom stereocenters. The molecule has 1 aromatic carbocycles. The number of anilines is 1. The van der Waals surface area contributed by atoms with Crippen molar-refractivity contribution in [3.8, 4) is 0 Å². The standard InChI is InChI=1S/C16H23N3O4/c1-17-15(20)13-10-12(19(22)23)6-7-14(13)18-11-16(21)8-4-2-3-5-9-16/h6-7,10,18,21H,2-5,8-9,11H2,1H3,(H,17,20). The van der Waals surface area contributed by atoms with Crippen molar-refractivity contribution in [2.24, 2.45) is 0 Å². The van der Waals surface area contributed by atoms with Crippen LogP contribution in [0.4, 0.5) is 11.4 Å². The Labute approximate surface area is 135 Å². The molecule has 1 aliphatic carbocycles. The monoisotopic (exact) mass is 321 g/mol. The number of amides is 1. The van der Waals surface area contributed by atoms with Crippen LogP contribution in [-0.4, -0.2) is 35.1 Å². The molecule has 0 spiro atoms. The number of hydrogen-bond donors (Lipinski definition) is 3. The number of nitrogens with zero attached hydrogens (tertiary/aromatic N) is 1. The molecule has 23 heavy (non-hydrogen) atoms. The third-order valence-electron chi connectivity index (χ3n) is 4.33. The van der Waals surface area contributed by atoms with Gasteiger partial charge in [-0.05, 0) is 18.9 Å². The number of nitro benzene ring substituents is 1. The van der Waals surface area contributed by atoms with Crippen LogP contribution in [0.5, 0.6) is 0 Å². The summed E-state index contributed by atoms with van der Waals surface area (Å²) < 4.78 is 0. The van der Waals surface area contributed by atoms with Crippen LogP contribution in [0, 0.1) is 10.1 Å². The maximum atomic E-state index is 12.0. The predicted octanol–water partition coefficient (Wildman–Crippen LogP) is 2.45. The Morgan fingerprint density at radius 1 is 1.30 bits per heavy atom. The molecular weight excluding hydrogens is 298 g/mol. The lowest BCUT2D eigenvalue weighted by Gasteiger charge is -2.27. The zero-order chi connectivity index (χ0) is 16.9. The molecule has 3 N–H and O–H groups in total. The zero-order valence-corrected chi connectivity index (χ0v) is 13.3. The Bertz CT molecular complexity index is 581. The minimum absolute atomic E-state index is 0.137. The van der Waals surface area contributed by atoms with Gasteiger partial charge in [0.15, 0.2) is 0 Å². The van der Waals surface area contributed by atoms with Gasteiger partial charge in [-0.25, -0.2) is 0 Å². The van der Waals surface area contributed by atoms with Gasteiger partial charge in [0.25, 0.3) is 11.6 Å². The molecule has 1 fully saturated rings. The SMILES string of the molecule is CNC(=O)c1cc([N+](=O)[O-])ccc1NCC1(O)CCCCCC1. The van der Waals surface area contributed by atoms with E-state index in [1.807, 2.05) is 0 Å². The van der Waals surface area contributed by atoms with E-state index in [4.69, 9.17) is 0 Å². The van der Waals surface area contributed by atoms with Gasteiger partial charge >= 0.3 is 0 Å². The fraction of sp³-hybridized carbons (Fsp3) is 0.562. The summed E-state index contributed by atoms with van der Waals surface area (Å²) in [6.07, 6.45) is 5.68. The quantitative estimate of drug-likeness (QED) is 0.439. The average molecular weight is 321 g/mol. The summed E-state index contributed by atoms with van der Waals surface area (Å²) in [6.45, 7) is 0.328. The van der Waals surface area contributed by atoms with Crippen molar-refractivity contribution < 1.29 is 14.8 Å². The van der Waals surface area contributed by atoms with Crippen LogP contribution >= 0.6 is 0 Å². The van der Waals surface area contributed by atoms with Crippen molar-refractivity contribution in [3.05, 3.63) is 33.9 Å². The van der Waals surface area contributed by atoms with Gasteiger partial charge in [0.1, 0.15) is 0 Å². The summed E-state index contributed by atoms with van der Waals surface area (Å²) in [5, 5.41) is 27.1. The highest BCUT2D eigenvalue weighted by atomic mass is 16.6. The van der Waals surface area contributed by atoms with Gasteiger partial charge < -0.3 is 15.7 Å². The fourth-order valence-corrected chi connectivity index (χ4v) is 2.95. The van der Waals surface area contributed by atoms with Gasteiger partial charge in [0.05, 0.1) is 16.1 Å². The Kier molecular flexibility index (Phi) is 5.54. The first kappa shape index (κ1) is 17.2. The van der Waals surface area contributed by atoms with Gasteiger partial charge in [-0.3, -0.25) is 14.9 Å². The maximum absolute atomic E-state index is 12.0. The van der Waals surface area contributed by atoms with E-state index in [1.54, 1.807) is 0 Å². The lowest BCUT2D eigenvalue weighted by molar-refractivity contribution is -0.384. The number of nitrogens with one attached hydrogen (secondary N) is 2. The second-order valence-corrected chi connectivity index (χ2v) is 6.06. The minimum Gasteiger partial charge on any atom is -0.388 e. The summed E-state index contributed by atoms with van der Waals surface area (Å²) in [6, 6.07) is 4.12. The second kappa shape index (κ2) is 7.41. The second-order valence-electron chi connectivity index (χ2n) is 6.06. The van der Waals surface area contributed by atoms with Crippen LogP contribution in [0.2, 0.25) is 0 Å². The molecule has 0 radical (unpaired) electrons. The number of hydrogen-bond acceptors (Lipinski definition) is 5. The van der Waals surface area contributed by atoms with E-state index >= 15 is 0 Å². The third kappa shape index (κ3) is 4.41. The van der Waals surface area contributed by atoms with Crippen molar-refractivity contribution in [3.63, 3.8) is 0 Å². The number of rotatable bonds is 5. The predicted molar refractivity (Wildman–Crippen MR) is 87.6 cm³/mol. The molecule has 0 aliphatic heterocycles. The summed E-state index contributed by atoms with van der Waals surface area (Å²) in [5.41, 5.74) is -0.230. The van der Waals surface area contributed by atoms with Crippen LogP contribution in [-0.2, 0) is 0 Å². The summed E-state index contributed by atoms with van der Waals surface area (Å²) in [5.74, 6) is -0.399. The Morgan fingerprint density at radius 3 is 2.52 bits per heavy atom. The van der Waals surface area contributed by atoms with Crippen LogP contribution < -0.4 is 10.6 Å². The van der Waals surface area contributed by atoms with Crippen LogP contribution in [0.15, 0.2) is 18.2 Å². The Hall–Kier alpha value is -2.15. The van der Waals surface area contributed by atoms with Crippen molar-refractivity contribution >= 4 is 17.3 Å². The van der Waals surface area contributed by atoms with E-state index in [1.165, 1.54) is 25.2 Å². The molecule has 7 nitrogen and oxygen atoms in total. The van der Waals surface area contributed by atoms with E-state index in [9.17, 15) is 20.0 Å². The molecule has 1 amide bonds. The normalized spacial score (nSPS) is 17.1. The lowest BCUT2D eigenvalue weighted by Crippen LogP contribution is -2.36. The molecule has 1 aromatic rings. The number of nitro groups is 1. The minimum atomic E-state index is -0.793. The van der Waals surface area contributed by atoms with Crippen molar-refractivity contribution in [1.82, 2.24) is 5.32 Å². The molecule has 1 saturated carbocycles. The van der Waals surface area contributed by atoms with Crippen molar-refractivity contribution in [1.29, 1.82) is 0 Å². The molecule has 0 saturated heterocycles.